The van der Waals surface area contributed by atoms with Crippen LogP contribution >= 0.6 is 0 Å². The lowest BCUT2D eigenvalue weighted by Crippen LogP contribution is -2.31. The number of hydrogen-bond acceptors (Lipinski definition) is 0. The molecular formula is C132H240. The minimum atomic E-state index is 0.835. The molecule has 0 heteroatoms. The molecule has 0 N–H and O–H groups in total. The van der Waals surface area contributed by atoms with E-state index in [9.17, 15) is 0 Å². The molecule has 0 nitrogen and oxygen atoms in total. The zero-order valence-corrected chi connectivity index (χ0v) is 96.7. The maximum atomic E-state index is 2.46. The highest BCUT2D eigenvalue weighted by Gasteiger charge is 2.39. The second-order valence-electron chi connectivity index (χ2n) is 54.1. The second kappa shape index (κ2) is 64.2. The van der Waals surface area contributed by atoms with Crippen LogP contribution < -0.4 is 0 Å². The summed E-state index contributed by atoms with van der Waals surface area (Å²) in [5.74, 6) is 39.3. The summed E-state index contributed by atoms with van der Waals surface area (Å²) in [5, 5.41) is 0. The van der Waals surface area contributed by atoms with Crippen LogP contribution in [-0.2, 0) is 19.3 Å². The Labute approximate surface area is 832 Å². The predicted molar refractivity (Wildman–Crippen MR) is 597 cm³/mol. The molecule has 3 aromatic rings. The highest BCUT2D eigenvalue weighted by atomic mass is 14.4. The Balaban J connectivity index is 0.000000313. The maximum Gasteiger partial charge on any atom is -0.0248 e. The molecule has 12 rings (SSSR count). The molecule has 0 heterocycles. The van der Waals surface area contributed by atoms with Crippen molar-refractivity contribution in [1.82, 2.24) is 0 Å². The lowest BCUT2D eigenvalue weighted by molar-refractivity contribution is 0.113. The van der Waals surface area contributed by atoms with Gasteiger partial charge in [-0.2, -0.15) is 0 Å². The number of benzene rings is 3. The van der Waals surface area contributed by atoms with E-state index in [1.54, 1.807) is 0 Å². The molecule has 0 spiro atoms. The van der Waals surface area contributed by atoms with E-state index < -0.39 is 0 Å². The van der Waals surface area contributed by atoms with E-state index >= 15 is 0 Å². The SMILES string of the molecule is CC(C)C1CCC(C(C)C)C(C)C1.CC(C)C1CCC(C(C)C)C(Cc2ccccc2)C1.CC(C)C1CCC(C(C)C)CC1.CC(C)C1CCC(C(C)C)CC1.CC(C)C1CCC(C(C)C)CC1.CC(C)C1CC[C@@H](C(C)C)C[C@@H]1C.CC(C)C1CC[C@@H](C(C)C)C[C@H]1C.CC(C)C1CC[C@@H](C(C)C)[C@@H](Cc2ccccc2)C1.CC(C)C1CC[C@@H](C(C)C)[C@H](Cc2ccccc2)C1. The van der Waals surface area contributed by atoms with Gasteiger partial charge in [0.1, 0.15) is 0 Å². The van der Waals surface area contributed by atoms with E-state index in [-0.39, 0.29) is 0 Å². The molecule has 0 aliphatic heterocycles. The monoisotopic (exact) mass is 1830 g/mol. The molecule has 0 saturated heterocycles. The van der Waals surface area contributed by atoms with Gasteiger partial charge in [0.05, 0.1) is 0 Å². The zero-order valence-electron chi connectivity index (χ0n) is 96.7. The van der Waals surface area contributed by atoms with Gasteiger partial charge in [-0.3, -0.25) is 0 Å². The lowest BCUT2D eigenvalue weighted by Gasteiger charge is -2.40. The molecule has 0 radical (unpaired) electrons. The van der Waals surface area contributed by atoms with Crippen LogP contribution in [-0.4, -0.2) is 0 Å². The first-order chi connectivity index (χ1) is 62.1. The van der Waals surface area contributed by atoms with Gasteiger partial charge in [0.15, 0.2) is 0 Å². The standard InChI is InChI=1S/3C19H30.3C13H26.3C12H24/c3*1-14(2)17-10-11-19(15(3)4)18(13-17)12-16-8-6-5-7-9-16;3*1-9(2)12-6-7-13(10(3)4)11(5)8-12;3*1-9(2)11-5-7-12(8-6-11)10(3)4/h3*5-9,14-15,17-19H,10-13H2,1-4H3;3*9-13H,6-8H2,1-5H3;3*9-12H,5-8H2,1-4H3/t17?,18-,19+;17?,18-,19-;;11-,12+,13?;11-,12-,13?;;;;/m10.01..../s1. The Bertz CT molecular complexity index is 2800. The summed E-state index contributed by atoms with van der Waals surface area (Å²) in [6, 6.07) is 33.3. The van der Waals surface area contributed by atoms with E-state index in [2.05, 4.69) is 361 Å². The highest BCUT2D eigenvalue weighted by Crippen LogP contribution is 2.49. The van der Waals surface area contributed by atoms with Crippen LogP contribution in [0.15, 0.2) is 91.0 Å². The normalized spacial score (nSPS) is 31.2. The van der Waals surface area contributed by atoms with E-state index in [1.807, 2.05) is 0 Å². The van der Waals surface area contributed by atoms with Crippen molar-refractivity contribution in [3.63, 3.8) is 0 Å². The van der Waals surface area contributed by atoms with Crippen molar-refractivity contribution in [2.75, 3.05) is 0 Å². The summed E-state index contributed by atoms with van der Waals surface area (Å²) in [6.45, 7) is 93.4. The molecule has 10 unspecified atom stereocenters. The van der Waals surface area contributed by atoms with Crippen molar-refractivity contribution >= 4 is 0 Å². The van der Waals surface area contributed by atoms with Crippen molar-refractivity contribution in [1.29, 1.82) is 0 Å². The van der Waals surface area contributed by atoms with Crippen molar-refractivity contribution in [2.24, 2.45) is 249 Å². The van der Waals surface area contributed by atoms with Crippen molar-refractivity contribution in [2.45, 2.75) is 482 Å². The Kier molecular flexibility index (Phi) is 59.4. The summed E-state index contributed by atoms with van der Waals surface area (Å²) >= 11 is 0. The summed E-state index contributed by atoms with van der Waals surface area (Å²) < 4.78 is 0. The largest absolute Gasteiger partial charge is 0.0625 e. The maximum absolute atomic E-state index is 2.46. The fourth-order valence-electron chi connectivity index (χ4n) is 28.5. The Morgan fingerprint density at radius 3 is 0.409 bits per heavy atom. The topological polar surface area (TPSA) is 0 Å². The van der Waals surface area contributed by atoms with Gasteiger partial charge in [-0.25, -0.2) is 0 Å². The third kappa shape index (κ3) is 44.9. The van der Waals surface area contributed by atoms with Gasteiger partial charge >= 0.3 is 0 Å². The Hall–Kier alpha value is -2.34. The van der Waals surface area contributed by atoms with Crippen LogP contribution in [0, 0.1) is 249 Å². The van der Waals surface area contributed by atoms with Gasteiger partial charge in [-0.15, -0.1) is 0 Å². The van der Waals surface area contributed by atoms with E-state index in [0.29, 0.717) is 0 Å². The molecule has 18 atom stereocenters. The van der Waals surface area contributed by atoms with Gasteiger partial charge in [0, 0.05) is 0 Å². The zero-order chi connectivity index (χ0) is 98.9. The average Bonchev–Trinajstić information content (AvgIpc) is 0.832. The highest BCUT2D eigenvalue weighted by molar-refractivity contribution is 5.18. The van der Waals surface area contributed by atoms with E-state index in [0.717, 1.165) is 249 Å². The van der Waals surface area contributed by atoms with Crippen LogP contribution in [0.4, 0.5) is 0 Å². The summed E-state index contributed by atoms with van der Waals surface area (Å²) in [5.41, 5.74) is 4.59. The molecule has 0 amide bonds. The van der Waals surface area contributed by atoms with Crippen molar-refractivity contribution < 1.29 is 0 Å². The Morgan fingerprint density at radius 1 is 0.152 bits per heavy atom. The minimum absolute atomic E-state index is 0.835. The lowest BCUT2D eigenvalue weighted by atomic mass is 9.65. The van der Waals surface area contributed by atoms with Crippen LogP contribution in [0.3, 0.4) is 0 Å². The predicted octanol–water partition coefficient (Wildman–Crippen LogP) is 42.1. The number of rotatable bonds is 24. The molecule has 9 aliphatic rings. The van der Waals surface area contributed by atoms with E-state index in [1.165, 1.54) is 229 Å². The summed E-state index contributed by atoms with van der Waals surface area (Å²) in [6.07, 6.45) is 48.0. The van der Waals surface area contributed by atoms with Gasteiger partial charge in [0.25, 0.3) is 0 Å². The molecule has 9 saturated carbocycles. The molecule has 3 aromatic carbocycles. The van der Waals surface area contributed by atoms with Crippen LogP contribution in [0.5, 0.6) is 0 Å². The van der Waals surface area contributed by atoms with Gasteiger partial charge in [-0.1, -0.05) is 361 Å². The molecule has 0 aromatic heterocycles. The first-order valence-corrected chi connectivity index (χ1v) is 59.2. The van der Waals surface area contributed by atoms with Crippen molar-refractivity contribution in [3.05, 3.63) is 108 Å². The smallest absolute Gasteiger partial charge is 0.0248 e. The van der Waals surface area contributed by atoms with Crippen LogP contribution in [0.2, 0.25) is 0 Å². The first kappa shape index (κ1) is 122. The molecule has 0 bridgehead atoms. The third-order valence-corrected chi connectivity index (χ3v) is 39.0. The first-order valence-electron chi connectivity index (χ1n) is 59.2. The van der Waals surface area contributed by atoms with Gasteiger partial charge in [-0.05, 0) is 477 Å². The van der Waals surface area contributed by atoms with E-state index in [4.69, 9.17) is 0 Å². The number of hydrogen-bond donors (Lipinski definition) is 0. The second-order valence-corrected chi connectivity index (χ2v) is 54.1. The van der Waals surface area contributed by atoms with Crippen LogP contribution in [0.25, 0.3) is 0 Å². The van der Waals surface area contributed by atoms with Gasteiger partial charge in [0.2, 0.25) is 0 Å². The van der Waals surface area contributed by atoms with Crippen molar-refractivity contribution in [3.8, 4) is 0 Å². The third-order valence-electron chi connectivity index (χ3n) is 39.0. The molecule has 9 aliphatic carbocycles. The fourth-order valence-corrected chi connectivity index (χ4v) is 28.5. The van der Waals surface area contributed by atoms with Gasteiger partial charge < -0.3 is 0 Å². The molecule has 132 heavy (non-hydrogen) atoms. The summed E-state index contributed by atoms with van der Waals surface area (Å²) in [7, 11) is 0. The quantitative estimate of drug-likeness (QED) is 0.0839. The minimum Gasteiger partial charge on any atom is -0.0625 e. The molecule has 9 fully saturated rings. The summed E-state index contributed by atoms with van der Waals surface area (Å²) in [4.78, 5) is 0. The Morgan fingerprint density at radius 2 is 0.280 bits per heavy atom. The molecular weight excluding hydrogens is 1590 g/mol. The molecule has 768 valence electrons. The fraction of sp³-hybridized carbons (Fsp3) is 0.864. The average molecular weight is 1830 g/mol. The van der Waals surface area contributed by atoms with Crippen LogP contribution in [0.1, 0.15) is 479 Å².